The number of rotatable bonds is 5. The highest BCUT2D eigenvalue weighted by atomic mass is 16.5. The maximum absolute atomic E-state index is 12.0. The number of carbonyl (C=O) groups is 1. The molecule has 1 aliphatic carbocycles. The van der Waals surface area contributed by atoms with Crippen LogP contribution in [0.25, 0.3) is 11.3 Å². The zero-order chi connectivity index (χ0) is 21.5. The molecule has 0 aliphatic heterocycles. The van der Waals surface area contributed by atoms with Gasteiger partial charge in [-0.3, -0.25) is 9.78 Å². The number of nitrogens with zero attached hydrogens (tertiary/aromatic N) is 1. The lowest BCUT2D eigenvalue weighted by Gasteiger charge is -2.16. The molecule has 3 aromatic rings. The second kappa shape index (κ2) is 9.83. The lowest BCUT2D eigenvalue weighted by atomic mass is 9.89. The van der Waals surface area contributed by atoms with Gasteiger partial charge in [0.25, 0.3) is 0 Å². The number of anilines is 1. The number of ether oxygens (including phenoxy) is 1. The predicted octanol–water partition coefficient (Wildman–Crippen LogP) is 6.13. The normalized spacial score (nSPS) is 12.3. The maximum Gasteiger partial charge on any atom is 0.163 e. The summed E-state index contributed by atoms with van der Waals surface area (Å²) in [5.74, 6) is 1.60. The van der Waals surface area contributed by atoms with Gasteiger partial charge < -0.3 is 15.5 Å². The molecule has 30 heavy (non-hydrogen) atoms. The van der Waals surface area contributed by atoms with Crippen molar-refractivity contribution in [1.82, 2.24) is 4.98 Å². The summed E-state index contributed by atoms with van der Waals surface area (Å²) in [5, 5.41) is 10.5. The summed E-state index contributed by atoms with van der Waals surface area (Å²) in [6.45, 7) is 4.00. The van der Waals surface area contributed by atoms with Gasteiger partial charge in [0.2, 0.25) is 0 Å². The molecular formula is C25H27N3O2. The summed E-state index contributed by atoms with van der Waals surface area (Å²) in [6, 6.07) is 15.2. The van der Waals surface area contributed by atoms with Gasteiger partial charge in [-0.2, -0.15) is 0 Å². The van der Waals surface area contributed by atoms with Crippen LogP contribution in [-0.2, 0) is 6.42 Å². The number of pyridine rings is 1. The van der Waals surface area contributed by atoms with Gasteiger partial charge in [0.15, 0.2) is 5.78 Å². The Morgan fingerprint density at radius 1 is 1.03 bits per heavy atom. The molecule has 1 aliphatic rings. The fourth-order valence-electron chi connectivity index (χ4n) is 3.52. The smallest absolute Gasteiger partial charge is 0.163 e. The van der Waals surface area contributed by atoms with Crippen LogP contribution in [0.15, 0.2) is 54.7 Å². The highest BCUT2D eigenvalue weighted by molar-refractivity contribution is 5.99. The molecule has 1 heterocycles. The second-order valence-electron chi connectivity index (χ2n) is 6.77. The zero-order valence-corrected chi connectivity index (χ0v) is 17.7. The Hall–Kier alpha value is -3.47. The van der Waals surface area contributed by atoms with E-state index >= 15 is 0 Å². The standard InChI is InChI=1S/C23H21N3O2.C2H6/c1-25-21-12-18(7-5-17(21)14-24)28-19-9-10-26-22(13-19)16-6-8-20-15(11-16)3-2-4-23(20)27;1-2/h5-14,24-25H,2-4H2,1H3;1-2H3. The van der Waals surface area contributed by atoms with Gasteiger partial charge in [-0.1, -0.05) is 26.0 Å². The number of benzene rings is 2. The molecule has 2 N–H and O–H groups in total. The molecular weight excluding hydrogens is 374 g/mol. The average molecular weight is 402 g/mol. The highest BCUT2D eigenvalue weighted by Gasteiger charge is 2.17. The number of nitrogens with one attached hydrogen (secondary N) is 2. The van der Waals surface area contributed by atoms with Crippen LogP contribution in [0.5, 0.6) is 11.5 Å². The summed E-state index contributed by atoms with van der Waals surface area (Å²) >= 11 is 0. The molecule has 0 fully saturated rings. The molecule has 4 rings (SSSR count). The first-order valence-corrected chi connectivity index (χ1v) is 10.3. The van der Waals surface area contributed by atoms with Crippen molar-refractivity contribution >= 4 is 17.7 Å². The molecule has 0 amide bonds. The van der Waals surface area contributed by atoms with Crippen molar-refractivity contribution in [2.45, 2.75) is 33.1 Å². The van der Waals surface area contributed by atoms with Crippen LogP contribution in [0.3, 0.4) is 0 Å². The van der Waals surface area contributed by atoms with E-state index in [0.717, 1.165) is 46.5 Å². The van der Waals surface area contributed by atoms with E-state index in [1.807, 2.05) is 63.4 Å². The quantitative estimate of drug-likeness (QED) is 0.505. The Balaban J connectivity index is 0.00000124. The molecule has 0 unspecified atom stereocenters. The summed E-state index contributed by atoms with van der Waals surface area (Å²) < 4.78 is 6.00. The van der Waals surface area contributed by atoms with Crippen LogP contribution in [0.1, 0.15) is 48.2 Å². The van der Waals surface area contributed by atoms with Crippen LogP contribution in [0.4, 0.5) is 5.69 Å². The topological polar surface area (TPSA) is 75.1 Å². The van der Waals surface area contributed by atoms with Crippen molar-refractivity contribution in [3.05, 3.63) is 71.4 Å². The van der Waals surface area contributed by atoms with Gasteiger partial charge in [-0.15, -0.1) is 0 Å². The number of aromatic nitrogens is 1. The molecule has 2 aromatic carbocycles. The third kappa shape index (κ3) is 4.57. The first kappa shape index (κ1) is 21.2. The lowest BCUT2D eigenvalue weighted by Crippen LogP contribution is -2.10. The fourth-order valence-corrected chi connectivity index (χ4v) is 3.52. The van der Waals surface area contributed by atoms with Crippen LogP contribution in [-0.4, -0.2) is 24.0 Å². The molecule has 0 spiro atoms. The van der Waals surface area contributed by atoms with Crippen molar-refractivity contribution in [2.75, 3.05) is 12.4 Å². The van der Waals surface area contributed by atoms with Crippen molar-refractivity contribution in [3.63, 3.8) is 0 Å². The minimum atomic E-state index is 0.228. The van der Waals surface area contributed by atoms with Gasteiger partial charge in [0, 0.05) is 60.4 Å². The third-order valence-electron chi connectivity index (χ3n) is 4.97. The van der Waals surface area contributed by atoms with Crippen molar-refractivity contribution < 1.29 is 9.53 Å². The monoisotopic (exact) mass is 401 g/mol. The van der Waals surface area contributed by atoms with Crippen LogP contribution >= 0.6 is 0 Å². The summed E-state index contributed by atoms with van der Waals surface area (Å²) in [4.78, 5) is 16.5. The Morgan fingerprint density at radius 3 is 2.60 bits per heavy atom. The van der Waals surface area contributed by atoms with E-state index in [1.165, 1.54) is 6.21 Å². The van der Waals surface area contributed by atoms with Crippen LogP contribution in [0, 0.1) is 5.41 Å². The van der Waals surface area contributed by atoms with Crippen molar-refractivity contribution in [1.29, 1.82) is 5.41 Å². The van der Waals surface area contributed by atoms with E-state index in [2.05, 4.69) is 16.4 Å². The number of Topliss-reactive ketones (excluding diaryl/α,β-unsaturated/α-hetero) is 1. The van der Waals surface area contributed by atoms with Gasteiger partial charge >= 0.3 is 0 Å². The average Bonchev–Trinajstić information content (AvgIpc) is 2.80. The number of hydrogen-bond acceptors (Lipinski definition) is 5. The van der Waals surface area contributed by atoms with Crippen molar-refractivity contribution in [2.24, 2.45) is 0 Å². The molecule has 0 saturated carbocycles. The molecule has 1 aromatic heterocycles. The van der Waals surface area contributed by atoms with Crippen molar-refractivity contribution in [3.8, 4) is 22.8 Å². The van der Waals surface area contributed by atoms with E-state index < -0.39 is 0 Å². The fraction of sp³-hybridized carbons (Fsp3) is 0.240. The molecule has 0 atom stereocenters. The van der Waals surface area contributed by atoms with E-state index in [9.17, 15) is 4.79 Å². The number of ketones is 1. The number of hydrogen-bond donors (Lipinski definition) is 2. The molecule has 5 heteroatoms. The Morgan fingerprint density at radius 2 is 1.83 bits per heavy atom. The van der Waals surface area contributed by atoms with E-state index in [1.54, 1.807) is 6.20 Å². The Labute approximate surface area is 177 Å². The van der Waals surface area contributed by atoms with E-state index in [4.69, 9.17) is 10.1 Å². The van der Waals surface area contributed by atoms with E-state index in [0.29, 0.717) is 17.9 Å². The minimum Gasteiger partial charge on any atom is -0.457 e. The zero-order valence-electron chi connectivity index (χ0n) is 17.7. The van der Waals surface area contributed by atoms with Gasteiger partial charge in [-0.25, -0.2) is 0 Å². The summed E-state index contributed by atoms with van der Waals surface area (Å²) in [5.41, 5.74) is 5.36. The number of aryl methyl sites for hydroxylation is 1. The first-order chi connectivity index (χ1) is 14.7. The lowest BCUT2D eigenvalue weighted by molar-refractivity contribution is 0.0972. The summed E-state index contributed by atoms with van der Waals surface area (Å²) in [6.07, 6.45) is 5.50. The van der Waals surface area contributed by atoms with Gasteiger partial charge in [0.05, 0.1) is 5.69 Å². The molecule has 154 valence electrons. The predicted molar refractivity (Wildman–Crippen MR) is 122 cm³/mol. The first-order valence-electron chi connectivity index (χ1n) is 10.3. The third-order valence-corrected chi connectivity index (χ3v) is 4.97. The molecule has 0 bridgehead atoms. The number of carbonyl (C=O) groups excluding carboxylic acids is 1. The van der Waals surface area contributed by atoms with Gasteiger partial charge in [0.1, 0.15) is 11.5 Å². The number of fused-ring (bicyclic) bond motifs is 1. The van der Waals surface area contributed by atoms with E-state index in [-0.39, 0.29) is 5.78 Å². The largest absolute Gasteiger partial charge is 0.457 e. The van der Waals surface area contributed by atoms with Crippen LogP contribution < -0.4 is 10.1 Å². The molecule has 0 saturated heterocycles. The Kier molecular flexibility index (Phi) is 6.96. The SMILES string of the molecule is CC.CNc1cc(Oc2ccnc(-c3ccc4c(c3)CCCC4=O)c2)ccc1C=N. The van der Waals surface area contributed by atoms with Gasteiger partial charge in [-0.05, 0) is 42.7 Å². The molecule has 5 nitrogen and oxygen atoms in total. The minimum absolute atomic E-state index is 0.228. The maximum atomic E-state index is 12.0. The molecule has 0 radical (unpaired) electrons. The van der Waals surface area contributed by atoms with Crippen LogP contribution in [0.2, 0.25) is 0 Å². The highest BCUT2D eigenvalue weighted by Crippen LogP contribution is 2.30. The second-order valence-corrected chi connectivity index (χ2v) is 6.77. The summed E-state index contributed by atoms with van der Waals surface area (Å²) in [7, 11) is 1.82. The Bertz CT molecular complexity index is 1060.